The normalized spacial score (nSPS) is 12.5. The van der Waals surface area contributed by atoms with Crippen molar-refractivity contribution in [2.75, 3.05) is 6.54 Å². The number of carbonyl (C=O) groups excluding carboxylic acids is 1. The van der Waals surface area contributed by atoms with Crippen LogP contribution >= 0.6 is 0 Å². The summed E-state index contributed by atoms with van der Waals surface area (Å²) in [5.41, 5.74) is 0.344. The standard InChI is InChI=1S/C13H19NO3/c1-8(2)9(3)7-14-13(17)10-4-5-11(15)12(16)6-10/h4-6,8-9,15-16H,7H2,1-3H3,(H,14,17). The van der Waals surface area contributed by atoms with Crippen molar-refractivity contribution in [3.63, 3.8) is 0 Å². The van der Waals surface area contributed by atoms with E-state index in [-0.39, 0.29) is 17.4 Å². The molecule has 0 spiro atoms. The molecule has 0 radical (unpaired) electrons. The van der Waals surface area contributed by atoms with Crippen LogP contribution in [0.5, 0.6) is 11.5 Å². The van der Waals surface area contributed by atoms with Crippen LogP contribution in [0.25, 0.3) is 0 Å². The second-order valence-electron chi connectivity index (χ2n) is 4.63. The number of hydrogen-bond donors (Lipinski definition) is 3. The highest BCUT2D eigenvalue weighted by molar-refractivity contribution is 5.94. The number of amides is 1. The minimum atomic E-state index is -0.283. The van der Waals surface area contributed by atoms with E-state index in [1.54, 1.807) is 0 Å². The topological polar surface area (TPSA) is 69.6 Å². The molecule has 94 valence electrons. The number of benzene rings is 1. The minimum absolute atomic E-state index is 0.225. The number of rotatable bonds is 4. The van der Waals surface area contributed by atoms with Crippen molar-refractivity contribution >= 4 is 5.91 Å². The summed E-state index contributed by atoms with van der Waals surface area (Å²) < 4.78 is 0. The third-order valence-corrected chi connectivity index (χ3v) is 2.96. The molecule has 1 rings (SSSR count). The van der Waals surface area contributed by atoms with Crippen molar-refractivity contribution < 1.29 is 15.0 Å². The molecule has 1 aromatic carbocycles. The van der Waals surface area contributed by atoms with E-state index in [0.29, 0.717) is 23.9 Å². The fourth-order valence-corrected chi connectivity index (χ4v) is 1.26. The Hall–Kier alpha value is -1.71. The van der Waals surface area contributed by atoms with Gasteiger partial charge in [-0.15, -0.1) is 0 Å². The third-order valence-electron chi connectivity index (χ3n) is 2.96. The molecule has 0 heterocycles. The Balaban J connectivity index is 2.61. The van der Waals surface area contributed by atoms with E-state index in [1.807, 2.05) is 0 Å². The van der Waals surface area contributed by atoms with Gasteiger partial charge in [-0.05, 0) is 30.0 Å². The summed E-state index contributed by atoms with van der Waals surface area (Å²) in [6, 6.07) is 4.03. The summed E-state index contributed by atoms with van der Waals surface area (Å²) in [4.78, 5) is 11.7. The van der Waals surface area contributed by atoms with E-state index < -0.39 is 0 Å². The van der Waals surface area contributed by atoms with Crippen LogP contribution in [-0.2, 0) is 0 Å². The molecule has 1 amide bonds. The number of hydrogen-bond acceptors (Lipinski definition) is 3. The Bertz CT molecular complexity index is 402. The highest BCUT2D eigenvalue weighted by Crippen LogP contribution is 2.24. The average Bonchev–Trinajstić information content (AvgIpc) is 2.28. The van der Waals surface area contributed by atoms with Crippen LogP contribution in [0.1, 0.15) is 31.1 Å². The molecular formula is C13H19NO3. The Morgan fingerprint density at radius 2 is 1.88 bits per heavy atom. The number of nitrogens with one attached hydrogen (secondary N) is 1. The van der Waals surface area contributed by atoms with Gasteiger partial charge in [-0.25, -0.2) is 0 Å². The maximum Gasteiger partial charge on any atom is 0.251 e. The van der Waals surface area contributed by atoms with E-state index in [9.17, 15) is 9.90 Å². The van der Waals surface area contributed by atoms with Crippen molar-refractivity contribution in [1.82, 2.24) is 5.32 Å². The van der Waals surface area contributed by atoms with Crippen molar-refractivity contribution in [2.45, 2.75) is 20.8 Å². The minimum Gasteiger partial charge on any atom is -0.504 e. The maximum absolute atomic E-state index is 11.7. The molecule has 0 aliphatic heterocycles. The lowest BCUT2D eigenvalue weighted by Gasteiger charge is -2.16. The van der Waals surface area contributed by atoms with Crippen molar-refractivity contribution in [3.05, 3.63) is 23.8 Å². The fourth-order valence-electron chi connectivity index (χ4n) is 1.26. The summed E-state index contributed by atoms with van der Waals surface area (Å²) in [6.07, 6.45) is 0. The van der Waals surface area contributed by atoms with Gasteiger partial charge in [0, 0.05) is 12.1 Å². The molecule has 0 aliphatic carbocycles. The van der Waals surface area contributed by atoms with Crippen molar-refractivity contribution in [1.29, 1.82) is 0 Å². The van der Waals surface area contributed by atoms with E-state index in [0.717, 1.165) is 0 Å². The molecule has 1 aromatic rings. The van der Waals surface area contributed by atoms with Crippen LogP contribution in [0.15, 0.2) is 18.2 Å². The lowest BCUT2D eigenvalue weighted by molar-refractivity contribution is 0.0944. The highest BCUT2D eigenvalue weighted by atomic mass is 16.3. The van der Waals surface area contributed by atoms with Gasteiger partial charge in [0.25, 0.3) is 5.91 Å². The van der Waals surface area contributed by atoms with Crippen LogP contribution in [0.2, 0.25) is 0 Å². The van der Waals surface area contributed by atoms with Gasteiger partial charge in [0.15, 0.2) is 11.5 Å². The van der Waals surface area contributed by atoms with Crippen LogP contribution < -0.4 is 5.32 Å². The Labute approximate surface area is 101 Å². The van der Waals surface area contributed by atoms with Crippen molar-refractivity contribution in [2.24, 2.45) is 11.8 Å². The van der Waals surface area contributed by atoms with Crippen LogP contribution in [-0.4, -0.2) is 22.7 Å². The van der Waals surface area contributed by atoms with Crippen LogP contribution in [0.4, 0.5) is 0 Å². The fraction of sp³-hybridized carbons (Fsp3) is 0.462. The highest BCUT2D eigenvalue weighted by Gasteiger charge is 2.11. The molecule has 0 saturated heterocycles. The summed E-state index contributed by atoms with van der Waals surface area (Å²) >= 11 is 0. The second-order valence-corrected chi connectivity index (χ2v) is 4.63. The van der Waals surface area contributed by atoms with Gasteiger partial charge >= 0.3 is 0 Å². The first kappa shape index (κ1) is 13.4. The zero-order valence-electron chi connectivity index (χ0n) is 10.4. The van der Waals surface area contributed by atoms with Gasteiger partial charge in [-0.1, -0.05) is 20.8 Å². The third kappa shape index (κ3) is 3.66. The molecule has 17 heavy (non-hydrogen) atoms. The van der Waals surface area contributed by atoms with Gasteiger partial charge < -0.3 is 15.5 Å². The molecule has 1 atom stereocenters. The summed E-state index contributed by atoms with van der Waals surface area (Å²) in [5, 5.41) is 21.2. The Kier molecular flexibility index (Phi) is 4.37. The number of phenols is 2. The van der Waals surface area contributed by atoms with Crippen LogP contribution in [0, 0.1) is 11.8 Å². The van der Waals surface area contributed by atoms with Gasteiger partial charge in [-0.3, -0.25) is 4.79 Å². The quantitative estimate of drug-likeness (QED) is 0.702. The van der Waals surface area contributed by atoms with Gasteiger partial charge in [0.2, 0.25) is 0 Å². The lowest BCUT2D eigenvalue weighted by Crippen LogP contribution is -2.30. The van der Waals surface area contributed by atoms with E-state index >= 15 is 0 Å². The summed E-state index contributed by atoms with van der Waals surface area (Å²) in [6.45, 7) is 6.86. The number of aromatic hydroxyl groups is 2. The maximum atomic E-state index is 11.7. The molecule has 0 bridgehead atoms. The smallest absolute Gasteiger partial charge is 0.251 e. The summed E-state index contributed by atoms with van der Waals surface area (Å²) in [7, 11) is 0. The SMILES string of the molecule is CC(C)C(C)CNC(=O)c1ccc(O)c(O)c1. The predicted octanol–water partition coefficient (Wildman–Crippen LogP) is 2.12. The largest absolute Gasteiger partial charge is 0.504 e. The van der Waals surface area contributed by atoms with E-state index in [1.165, 1.54) is 18.2 Å². The predicted molar refractivity (Wildman–Crippen MR) is 66.1 cm³/mol. The first-order valence-corrected chi connectivity index (χ1v) is 5.72. The molecule has 4 nitrogen and oxygen atoms in total. The molecule has 1 unspecified atom stereocenters. The zero-order chi connectivity index (χ0) is 13.0. The Morgan fingerprint density at radius 3 is 2.41 bits per heavy atom. The van der Waals surface area contributed by atoms with Crippen LogP contribution in [0.3, 0.4) is 0 Å². The molecular weight excluding hydrogens is 218 g/mol. The second kappa shape index (κ2) is 5.57. The average molecular weight is 237 g/mol. The summed E-state index contributed by atoms with van der Waals surface area (Å²) in [5.74, 6) is 0.146. The zero-order valence-corrected chi connectivity index (χ0v) is 10.4. The molecule has 0 fully saturated rings. The van der Waals surface area contributed by atoms with E-state index in [4.69, 9.17) is 5.11 Å². The van der Waals surface area contributed by atoms with Gasteiger partial charge in [-0.2, -0.15) is 0 Å². The van der Waals surface area contributed by atoms with E-state index in [2.05, 4.69) is 26.1 Å². The first-order chi connectivity index (χ1) is 7.91. The molecule has 3 N–H and O–H groups in total. The monoisotopic (exact) mass is 237 g/mol. The van der Waals surface area contributed by atoms with Gasteiger partial charge in [0.1, 0.15) is 0 Å². The van der Waals surface area contributed by atoms with Crippen molar-refractivity contribution in [3.8, 4) is 11.5 Å². The lowest BCUT2D eigenvalue weighted by atomic mass is 9.98. The number of carbonyl (C=O) groups is 1. The number of phenolic OH excluding ortho intramolecular Hbond substituents is 2. The van der Waals surface area contributed by atoms with Gasteiger partial charge in [0.05, 0.1) is 0 Å². The first-order valence-electron chi connectivity index (χ1n) is 5.72. The molecule has 0 aromatic heterocycles. The molecule has 0 aliphatic rings. The Morgan fingerprint density at radius 1 is 1.24 bits per heavy atom. The molecule has 4 heteroatoms. The molecule has 0 saturated carbocycles.